The fourth-order valence-corrected chi connectivity index (χ4v) is 7.18. The van der Waals surface area contributed by atoms with E-state index in [0.29, 0.717) is 27.8 Å². The summed E-state index contributed by atoms with van der Waals surface area (Å²) in [5, 5.41) is 0. The third-order valence-corrected chi connectivity index (χ3v) is 11.0. The maximum atomic E-state index is 13.1. The minimum absolute atomic E-state index is 0.000211. The number of benzene rings is 5. The number of hydrogen-bond donors (Lipinski definition) is 0. The summed E-state index contributed by atoms with van der Waals surface area (Å²) < 4.78 is 26.2. The quantitative estimate of drug-likeness (QED) is 0.0321. The normalized spacial score (nSPS) is 11.5. The predicted octanol–water partition coefficient (Wildman–Crippen LogP) is 9.78. The van der Waals surface area contributed by atoms with Crippen LogP contribution in [0.5, 0.6) is 0 Å². The molecule has 5 rings (SSSR count). The molecular weight excluding hydrogens is 1060 g/mol. The highest BCUT2D eigenvalue weighted by molar-refractivity contribution is 5.91. The fourth-order valence-electron chi connectivity index (χ4n) is 7.18. The Morgan fingerprint density at radius 2 is 0.525 bits per heavy atom. The van der Waals surface area contributed by atoms with E-state index < -0.39 is 124 Å². The van der Waals surface area contributed by atoms with E-state index in [9.17, 15) is 47.9 Å². The van der Waals surface area contributed by atoms with Crippen LogP contribution in [0.25, 0.3) is 0 Å². The lowest BCUT2D eigenvalue weighted by Crippen LogP contribution is -2.37. The van der Waals surface area contributed by atoms with Crippen LogP contribution >= 0.6 is 0 Å². The molecule has 0 radical (unpaired) electrons. The SMILES string of the molecule is Cc1cccc(C(=O)OOC(=O)OCCC(COC(=O)OOC(=O)c2cccc(C)c2)C(COC(=O)OOC(=O)c2cccc(C)c2)C(CCOC(=O)OOC(=O)c2cccc(C)c2)COC(=O)OOC(=O)c2cccc(C)c2)c1. The summed E-state index contributed by atoms with van der Waals surface area (Å²) in [6, 6.07) is 30.3. The van der Waals surface area contributed by atoms with Gasteiger partial charge in [-0.25, -0.2) is 72.8 Å². The minimum Gasteiger partial charge on any atom is -0.432 e. The molecule has 25 heteroatoms. The number of hydrogen-bond acceptors (Lipinski definition) is 25. The summed E-state index contributed by atoms with van der Waals surface area (Å²) >= 11 is 0. The summed E-state index contributed by atoms with van der Waals surface area (Å²) in [6.07, 6.45) is -8.81. The van der Waals surface area contributed by atoms with E-state index in [2.05, 4.69) is 48.9 Å². The molecule has 5 aromatic rings. The Labute approximate surface area is 455 Å². The van der Waals surface area contributed by atoms with Crippen LogP contribution in [0.4, 0.5) is 24.0 Å². The molecule has 0 aliphatic carbocycles. The van der Waals surface area contributed by atoms with Gasteiger partial charge in [0.15, 0.2) is 0 Å². The van der Waals surface area contributed by atoms with Crippen LogP contribution in [0.1, 0.15) is 92.4 Å². The van der Waals surface area contributed by atoms with Crippen molar-refractivity contribution in [3.8, 4) is 0 Å². The minimum atomic E-state index is -1.63. The first-order valence-corrected chi connectivity index (χ1v) is 23.9. The number of ether oxygens (including phenoxy) is 5. The summed E-state index contributed by atoms with van der Waals surface area (Å²) in [5.41, 5.74) is 3.42. The molecule has 0 aliphatic rings. The zero-order valence-electron chi connectivity index (χ0n) is 43.4. The topological polar surface area (TPSA) is 309 Å². The second kappa shape index (κ2) is 31.1. The van der Waals surface area contributed by atoms with E-state index in [1.807, 2.05) is 0 Å². The lowest BCUT2D eigenvalue weighted by molar-refractivity contribution is -0.210. The van der Waals surface area contributed by atoms with Gasteiger partial charge < -0.3 is 23.7 Å². The smallest absolute Gasteiger partial charge is 0.432 e. The highest BCUT2D eigenvalue weighted by atomic mass is 17.3. The molecule has 80 heavy (non-hydrogen) atoms. The maximum Gasteiger partial charge on any atom is 0.549 e. The first-order valence-electron chi connectivity index (χ1n) is 23.9. The number of rotatable bonds is 19. The van der Waals surface area contributed by atoms with Gasteiger partial charge in [0.2, 0.25) is 0 Å². The van der Waals surface area contributed by atoms with Crippen molar-refractivity contribution in [2.75, 3.05) is 33.0 Å². The van der Waals surface area contributed by atoms with Gasteiger partial charge in [-0.1, -0.05) is 88.5 Å². The van der Waals surface area contributed by atoms with Gasteiger partial charge in [0, 0.05) is 17.8 Å². The highest BCUT2D eigenvalue weighted by Gasteiger charge is 2.35. The van der Waals surface area contributed by atoms with Crippen molar-refractivity contribution in [3.63, 3.8) is 0 Å². The van der Waals surface area contributed by atoms with Gasteiger partial charge in [-0.05, 0) is 108 Å². The molecule has 0 fully saturated rings. The van der Waals surface area contributed by atoms with Gasteiger partial charge in [0.25, 0.3) is 0 Å². The zero-order valence-corrected chi connectivity index (χ0v) is 43.4. The molecule has 5 aromatic carbocycles. The van der Waals surface area contributed by atoms with Crippen molar-refractivity contribution in [3.05, 3.63) is 177 Å². The molecule has 25 nitrogen and oxygen atoms in total. The summed E-state index contributed by atoms with van der Waals surface area (Å²) in [4.78, 5) is 174. The van der Waals surface area contributed by atoms with Crippen LogP contribution in [-0.2, 0) is 72.6 Å². The molecule has 0 aliphatic heterocycles. The van der Waals surface area contributed by atoms with Crippen LogP contribution in [0.15, 0.2) is 121 Å². The Kier molecular flexibility index (Phi) is 23.6. The summed E-state index contributed by atoms with van der Waals surface area (Å²) in [7, 11) is 0. The van der Waals surface area contributed by atoms with Gasteiger partial charge in [-0.2, -0.15) is 24.0 Å². The number of carbonyl (C=O) groups is 10. The van der Waals surface area contributed by atoms with Gasteiger partial charge >= 0.3 is 60.6 Å². The molecule has 0 amide bonds. The molecule has 0 N–H and O–H groups in total. The Morgan fingerprint density at radius 1 is 0.300 bits per heavy atom. The highest BCUT2D eigenvalue weighted by Crippen LogP contribution is 2.30. The largest absolute Gasteiger partial charge is 0.549 e. The lowest BCUT2D eigenvalue weighted by Gasteiger charge is -2.32. The van der Waals surface area contributed by atoms with E-state index >= 15 is 0 Å². The Balaban J connectivity index is 1.40. The molecule has 2 atom stereocenters. The maximum absolute atomic E-state index is 13.1. The molecule has 0 saturated carbocycles. The molecule has 2 unspecified atom stereocenters. The Morgan fingerprint density at radius 3 is 0.762 bits per heavy atom. The summed E-state index contributed by atoms with van der Waals surface area (Å²) in [5.74, 6) is -9.40. The van der Waals surface area contributed by atoms with Crippen molar-refractivity contribution in [1.82, 2.24) is 0 Å². The first-order chi connectivity index (χ1) is 38.3. The monoisotopic (exact) mass is 1110 g/mol. The van der Waals surface area contributed by atoms with E-state index in [4.69, 9.17) is 23.7 Å². The van der Waals surface area contributed by atoms with Crippen molar-refractivity contribution in [2.45, 2.75) is 47.5 Å². The van der Waals surface area contributed by atoms with Gasteiger partial charge in [-0.3, -0.25) is 0 Å². The van der Waals surface area contributed by atoms with Crippen molar-refractivity contribution in [1.29, 1.82) is 0 Å². The van der Waals surface area contributed by atoms with E-state index in [-0.39, 0.29) is 27.8 Å². The number of carbonyl (C=O) groups excluding carboxylic acids is 10. The van der Waals surface area contributed by atoms with Crippen molar-refractivity contribution in [2.24, 2.45) is 17.8 Å². The van der Waals surface area contributed by atoms with Gasteiger partial charge in [-0.15, -0.1) is 0 Å². The fraction of sp³-hybridized carbons (Fsp3) is 0.273. The molecule has 0 bridgehead atoms. The first kappa shape index (κ1) is 60.7. The molecule has 0 heterocycles. The van der Waals surface area contributed by atoms with E-state index in [1.165, 1.54) is 66.7 Å². The van der Waals surface area contributed by atoms with Crippen molar-refractivity contribution >= 4 is 60.6 Å². The van der Waals surface area contributed by atoms with Crippen LogP contribution in [0.3, 0.4) is 0 Å². The van der Waals surface area contributed by atoms with Gasteiger partial charge in [0.05, 0.1) is 60.9 Å². The van der Waals surface area contributed by atoms with E-state index in [1.54, 1.807) is 89.2 Å². The van der Waals surface area contributed by atoms with Crippen LogP contribution in [0, 0.1) is 52.4 Å². The predicted molar refractivity (Wildman–Crippen MR) is 265 cm³/mol. The zero-order chi connectivity index (χ0) is 58.0. The molecule has 0 aromatic heterocycles. The summed E-state index contributed by atoms with van der Waals surface area (Å²) in [6.45, 7) is 4.61. The Hall–Kier alpha value is -10.2. The number of aryl methyl sites for hydroxylation is 5. The molecule has 422 valence electrons. The van der Waals surface area contributed by atoms with Crippen LogP contribution in [-0.4, -0.2) is 93.7 Å². The molecule has 0 saturated heterocycles. The van der Waals surface area contributed by atoms with Crippen LogP contribution < -0.4 is 0 Å². The average molecular weight is 1110 g/mol. The molecule has 0 spiro atoms. The third kappa shape index (κ3) is 21.1. The standard InChI is InChI=1S/C55H52O25/c1-33-11-6-16-38(25-33)46(56)71-76-51(61)66-23-21-43(30-68-53(63)78-73-48(58)40-18-8-13-35(3)27-40)45(32-70-55(65)80-75-50(60)42-20-10-15-37(5)29-42)44(31-69-54(64)79-74-49(59)41-19-9-14-36(4)28-41)22-24-67-52(62)77-72-47(57)39-17-7-12-34(2)26-39/h6-20,25-29,43-45H,21-24,30-32H2,1-5H3. The van der Waals surface area contributed by atoms with Gasteiger partial charge in [0.1, 0.15) is 0 Å². The third-order valence-electron chi connectivity index (χ3n) is 11.0. The van der Waals surface area contributed by atoms with Crippen molar-refractivity contribution < 1.29 is 121 Å². The average Bonchev–Trinajstić information content (AvgIpc) is 3.44. The molecular formula is C55H52O25. The second-order valence-electron chi connectivity index (χ2n) is 17.3. The second-order valence-corrected chi connectivity index (χ2v) is 17.3. The van der Waals surface area contributed by atoms with Crippen LogP contribution in [0.2, 0.25) is 0 Å². The van der Waals surface area contributed by atoms with E-state index in [0.717, 1.165) is 0 Å². The lowest BCUT2D eigenvalue weighted by atomic mass is 9.79. The Bertz CT molecular complexity index is 2840.